The van der Waals surface area contributed by atoms with Crippen molar-refractivity contribution in [3.05, 3.63) is 47.9 Å². The molecule has 4 heteroatoms. The molecule has 0 aliphatic carbocycles. The smallest absolute Gasteiger partial charge is 0.208 e. The van der Waals surface area contributed by atoms with E-state index in [1.807, 2.05) is 25.4 Å². The van der Waals surface area contributed by atoms with E-state index in [1.54, 1.807) is 6.20 Å². The minimum atomic E-state index is 0.450. The highest BCUT2D eigenvalue weighted by Crippen LogP contribution is 2.32. The maximum atomic E-state index is 5.56. The van der Waals surface area contributed by atoms with Gasteiger partial charge in [0.1, 0.15) is 5.76 Å². The minimum Gasteiger partial charge on any atom is -0.445 e. The van der Waals surface area contributed by atoms with E-state index in [0.717, 1.165) is 24.7 Å². The Bertz CT molecular complexity index is 509. The van der Waals surface area contributed by atoms with Gasteiger partial charge in [-0.15, -0.1) is 0 Å². The van der Waals surface area contributed by atoms with Crippen LogP contribution in [0.2, 0.25) is 0 Å². The van der Waals surface area contributed by atoms with Crippen molar-refractivity contribution < 1.29 is 4.42 Å². The van der Waals surface area contributed by atoms with Crippen LogP contribution in [0.3, 0.4) is 0 Å². The third kappa shape index (κ3) is 2.29. The molecule has 1 fully saturated rings. The summed E-state index contributed by atoms with van der Waals surface area (Å²) < 4.78 is 5.56. The van der Waals surface area contributed by atoms with Crippen molar-refractivity contribution in [2.45, 2.75) is 32.4 Å². The Hall–Kier alpha value is -1.68. The quantitative estimate of drug-likeness (QED) is 0.831. The number of oxazole rings is 1. The lowest BCUT2D eigenvalue weighted by Gasteiger charge is -2.22. The molecule has 1 atom stereocenters. The molecule has 1 saturated heterocycles. The zero-order chi connectivity index (χ0) is 12.4. The standard InChI is InChI=1S/C14H17N3O/c1-11-8-16-14(18-11)10-17-7-3-5-13(17)12-4-2-6-15-9-12/h2,4,6,8-9,13H,3,5,7,10H2,1H3. The lowest BCUT2D eigenvalue weighted by Crippen LogP contribution is -2.22. The lowest BCUT2D eigenvalue weighted by molar-refractivity contribution is 0.222. The third-order valence-corrected chi connectivity index (χ3v) is 3.44. The first-order valence-electron chi connectivity index (χ1n) is 6.38. The molecular formula is C14H17N3O. The number of nitrogens with zero attached hydrogens (tertiary/aromatic N) is 3. The summed E-state index contributed by atoms with van der Waals surface area (Å²) in [5, 5.41) is 0. The topological polar surface area (TPSA) is 42.2 Å². The van der Waals surface area contributed by atoms with E-state index in [2.05, 4.69) is 20.9 Å². The molecule has 0 saturated carbocycles. The summed E-state index contributed by atoms with van der Waals surface area (Å²) in [7, 11) is 0. The largest absolute Gasteiger partial charge is 0.445 e. The van der Waals surface area contributed by atoms with Gasteiger partial charge in [-0.2, -0.15) is 0 Å². The zero-order valence-corrected chi connectivity index (χ0v) is 10.5. The summed E-state index contributed by atoms with van der Waals surface area (Å²) >= 11 is 0. The van der Waals surface area contributed by atoms with Crippen molar-refractivity contribution in [1.82, 2.24) is 14.9 Å². The normalized spacial score (nSPS) is 20.4. The molecule has 0 N–H and O–H groups in total. The molecule has 2 aromatic rings. The van der Waals surface area contributed by atoms with Crippen LogP contribution in [-0.2, 0) is 6.54 Å². The first kappa shape index (κ1) is 11.4. The molecule has 0 spiro atoms. The fourth-order valence-corrected chi connectivity index (χ4v) is 2.61. The van der Waals surface area contributed by atoms with Gasteiger partial charge < -0.3 is 4.42 Å². The van der Waals surface area contributed by atoms with Crippen LogP contribution in [0.4, 0.5) is 0 Å². The van der Waals surface area contributed by atoms with Gasteiger partial charge in [0.25, 0.3) is 0 Å². The van der Waals surface area contributed by atoms with E-state index in [1.165, 1.54) is 18.4 Å². The molecule has 1 aliphatic rings. The monoisotopic (exact) mass is 243 g/mol. The van der Waals surface area contributed by atoms with Gasteiger partial charge in [-0.25, -0.2) is 4.98 Å². The van der Waals surface area contributed by atoms with Crippen molar-refractivity contribution in [1.29, 1.82) is 0 Å². The van der Waals surface area contributed by atoms with Crippen LogP contribution >= 0.6 is 0 Å². The maximum Gasteiger partial charge on any atom is 0.208 e. The molecule has 0 aromatic carbocycles. The number of rotatable bonds is 3. The van der Waals surface area contributed by atoms with E-state index < -0.39 is 0 Å². The van der Waals surface area contributed by atoms with E-state index in [-0.39, 0.29) is 0 Å². The Morgan fingerprint density at radius 2 is 2.39 bits per heavy atom. The SMILES string of the molecule is Cc1cnc(CN2CCCC2c2cccnc2)o1. The molecule has 1 unspecified atom stereocenters. The first-order valence-corrected chi connectivity index (χ1v) is 6.38. The summed E-state index contributed by atoms with van der Waals surface area (Å²) in [6, 6.07) is 4.60. The van der Waals surface area contributed by atoms with Crippen molar-refractivity contribution >= 4 is 0 Å². The Morgan fingerprint density at radius 1 is 1.44 bits per heavy atom. The van der Waals surface area contributed by atoms with Gasteiger partial charge in [0.15, 0.2) is 0 Å². The Labute approximate surface area is 107 Å². The second-order valence-corrected chi connectivity index (χ2v) is 4.78. The second-order valence-electron chi connectivity index (χ2n) is 4.78. The van der Waals surface area contributed by atoms with Gasteiger partial charge in [-0.05, 0) is 37.9 Å². The van der Waals surface area contributed by atoms with E-state index in [4.69, 9.17) is 4.42 Å². The van der Waals surface area contributed by atoms with Crippen molar-refractivity contribution in [3.63, 3.8) is 0 Å². The van der Waals surface area contributed by atoms with Gasteiger partial charge in [0.05, 0.1) is 12.7 Å². The van der Waals surface area contributed by atoms with E-state index in [9.17, 15) is 0 Å². The number of aromatic nitrogens is 2. The molecule has 3 heterocycles. The molecule has 4 nitrogen and oxygen atoms in total. The molecule has 3 rings (SSSR count). The number of hydrogen-bond donors (Lipinski definition) is 0. The maximum absolute atomic E-state index is 5.56. The fraction of sp³-hybridized carbons (Fsp3) is 0.429. The van der Waals surface area contributed by atoms with Crippen molar-refractivity contribution in [3.8, 4) is 0 Å². The highest BCUT2D eigenvalue weighted by Gasteiger charge is 2.27. The Balaban J connectivity index is 1.75. The van der Waals surface area contributed by atoms with Crippen LogP contribution in [0.5, 0.6) is 0 Å². The highest BCUT2D eigenvalue weighted by atomic mass is 16.4. The molecule has 2 aromatic heterocycles. The molecule has 1 aliphatic heterocycles. The van der Waals surface area contributed by atoms with Crippen LogP contribution in [0.15, 0.2) is 35.1 Å². The summed E-state index contributed by atoms with van der Waals surface area (Å²) in [6.45, 7) is 3.81. The molecular weight excluding hydrogens is 226 g/mol. The number of likely N-dealkylation sites (tertiary alicyclic amines) is 1. The number of aryl methyl sites for hydroxylation is 1. The Kier molecular flexibility index (Phi) is 3.11. The zero-order valence-electron chi connectivity index (χ0n) is 10.5. The third-order valence-electron chi connectivity index (χ3n) is 3.44. The first-order chi connectivity index (χ1) is 8.83. The van der Waals surface area contributed by atoms with Gasteiger partial charge in [0, 0.05) is 18.4 Å². The summed E-state index contributed by atoms with van der Waals surface area (Å²) in [5.74, 6) is 1.69. The summed E-state index contributed by atoms with van der Waals surface area (Å²) in [5.41, 5.74) is 1.29. The van der Waals surface area contributed by atoms with Crippen LogP contribution in [-0.4, -0.2) is 21.4 Å². The van der Waals surface area contributed by atoms with Gasteiger partial charge >= 0.3 is 0 Å². The van der Waals surface area contributed by atoms with E-state index >= 15 is 0 Å². The molecule has 0 amide bonds. The predicted octanol–water partition coefficient (Wildman–Crippen LogP) is 2.72. The van der Waals surface area contributed by atoms with E-state index in [0.29, 0.717) is 6.04 Å². The lowest BCUT2D eigenvalue weighted by atomic mass is 10.1. The minimum absolute atomic E-state index is 0.450. The van der Waals surface area contributed by atoms with Gasteiger partial charge in [-0.1, -0.05) is 6.07 Å². The van der Waals surface area contributed by atoms with Crippen molar-refractivity contribution in [2.24, 2.45) is 0 Å². The molecule has 0 bridgehead atoms. The predicted molar refractivity (Wildman–Crippen MR) is 67.9 cm³/mol. The van der Waals surface area contributed by atoms with Crippen LogP contribution < -0.4 is 0 Å². The van der Waals surface area contributed by atoms with Gasteiger partial charge in [-0.3, -0.25) is 9.88 Å². The molecule has 94 valence electrons. The van der Waals surface area contributed by atoms with Gasteiger partial charge in [0.2, 0.25) is 5.89 Å². The second kappa shape index (κ2) is 4.90. The molecule has 18 heavy (non-hydrogen) atoms. The van der Waals surface area contributed by atoms with Crippen LogP contribution in [0.1, 0.15) is 36.1 Å². The highest BCUT2D eigenvalue weighted by molar-refractivity contribution is 5.15. The number of pyridine rings is 1. The summed E-state index contributed by atoms with van der Waals surface area (Å²) in [4.78, 5) is 10.9. The average molecular weight is 243 g/mol. The Morgan fingerprint density at radius 3 is 3.11 bits per heavy atom. The molecule has 0 radical (unpaired) electrons. The summed E-state index contributed by atoms with van der Waals surface area (Å²) in [6.07, 6.45) is 7.97. The van der Waals surface area contributed by atoms with Crippen LogP contribution in [0.25, 0.3) is 0 Å². The average Bonchev–Trinajstić information content (AvgIpc) is 3.00. The van der Waals surface area contributed by atoms with Crippen molar-refractivity contribution in [2.75, 3.05) is 6.54 Å². The number of hydrogen-bond acceptors (Lipinski definition) is 4. The fourth-order valence-electron chi connectivity index (χ4n) is 2.61. The van der Waals surface area contributed by atoms with Crippen LogP contribution in [0, 0.1) is 6.92 Å².